The molecule has 5 nitrogen and oxygen atoms in total. The van der Waals surface area contributed by atoms with E-state index in [-0.39, 0.29) is 5.91 Å². The van der Waals surface area contributed by atoms with Crippen molar-refractivity contribution in [1.29, 1.82) is 0 Å². The van der Waals surface area contributed by atoms with Gasteiger partial charge < -0.3 is 15.1 Å². The van der Waals surface area contributed by atoms with Gasteiger partial charge in [-0.2, -0.15) is 0 Å². The number of guanidine groups is 1. The quantitative estimate of drug-likeness (QED) is 0.633. The van der Waals surface area contributed by atoms with Gasteiger partial charge in [0.2, 0.25) is 5.91 Å². The number of rotatable bonds is 6. The monoisotopic (exact) mass is 364 g/mol. The van der Waals surface area contributed by atoms with E-state index in [9.17, 15) is 4.79 Å². The van der Waals surface area contributed by atoms with Crippen molar-refractivity contribution in [3.05, 3.63) is 71.3 Å². The van der Waals surface area contributed by atoms with Gasteiger partial charge in [0, 0.05) is 46.7 Å². The predicted octanol–water partition coefficient (Wildman–Crippen LogP) is 3.02. The summed E-state index contributed by atoms with van der Waals surface area (Å²) in [6.45, 7) is 3.12. The van der Waals surface area contributed by atoms with Crippen molar-refractivity contribution < 1.29 is 4.79 Å². The zero-order chi connectivity index (χ0) is 19.1. The van der Waals surface area contributed by atoms with Crippen molar-refractivity contribution in [2.75, 3.05) is 20.6 Å². The first-order chi connectivity index (χ1) is 13.2. The van der Waals surface area contributed by atoms with E-state index in [4.69, 9.17) is 0 Å². The molecule has 1 heterocycles. The lowest BCUT2D eigenvalue weighted by atomic mass is 10.1. The summed E-state index contributed by atoms with van der Waals surface area (Å²) in [6, 6.07) is 18.8. The van der Waals surface area contributed by atoms with E-state index in [0.717, 1.165) is 25.5 Å². The van der Waals surface area contributed by atoms with Crippen molar-refractivity contribution >= 4 is 11.9 Å². The van der Waals surface area contributed by atoms with E-state index in [0.29, 0.717) is 19.5 Å². The Morgan fingerprint density at radius 1 is 1.07 bits per heavy atom. The van der Waals surface area contributed by atoms with Crippen molar-refractivity contribution in [2.24, 2.45) is 4.99 Å². The number of aliphatic imine (C=N–C) groups is 1. The number of nitrogens with zero attached hydrogens (tertiary/aromatic N) is 3. The first kappa shape index (κ1) is 19.0. The van der Waals surface area contributed by atoms with Crippen LogP contribution in [0.3, 0.4) is 0 Å². The molecule has 0 atom stereocenters. The molecule has 0 aliphatic carbocycles. The SMILES string of the molecule is CN=C(NCc1ccc(CN2CCCC2=O)cc1)N(C)Cc1ccccc1. The van der Waals surface area contributed by atoms with Crippen LogP contribution >= 0.6 is 0 Å². The predicted molar refractivity (Wildman–Crippen MR) is 109 cm³/mol. The summed E-state index contributed by atoms with van der Waals surface area (Å²) in [5.41, 5.74) is 3.63. The molecule has 0 spiro atoms. The first-order valence-electron chi connectivity index (χ1n) is 9.47. The molecule has 3 rings (SSSR count). The van der Waals surface area contributed by atoms with Crippen molar-refractivity contribution in [3.8, 4) is 0 Å². The van der Waals surface area contributed by atoms with Gasteiger partial charge in [-0.3, -0.25) is 9.79 Å². The second-order valence-electron chi connectivity index (χ2n) is 6.98. The molecule has 2 aromatic carbocycles. The summed E-state index contributed by atoms with van der Waals surface area (Å²) in [6.07, 6.45) is 1.67. The molecule has 1 saturated heterocycles. The van der Waals surface area contributed by atoms with Gasteiger partial charge in [-0.1, -0.05) is 54.6 Å². The zero-order valence-electron chi connectivity index (χ0n) is 16.2. The molecule has 5 heteroatoms. The fourth-order valence-corrected chi connectivity index (χ4v) is 3.35. The lowest BCUT2D eigenvalue weighted by Crippen LogP contribution is -2.38. The number of benzene rings is 2. The van der Waals surface area contributed by atoms with Crippen LogP contribution in [0.25, 0.3) is 0 Å². The second-order valence-corrected chi connectivity index (χ2v) is 6.98. The van der Waals surface area contributed by atoms with Crippen LogP contribution in [0, 0.1) is 0 Å². The van der Waals surface area contributed by atoms with Gasteiger partial charge in [0.1, 0.15) is 0 Å². The molecule has 0 aromatic heterocycles. The van der Waals surface area contributed by atoms with Gasteiger partial charge in [-0.05, 0) is 23.1 Å². The zero-order valence-corrected chi connectivity index (χ0v) is 16.2. The maximum absolute atomic E-state index is 11.7. The molecule has 1 amide bonds. The van der Waals surface area contributed by atoms with Gasteiger partial charge in [0.25, 0.3) is 0 Å². The summed E-state index contributed by atoms with van der Waals surface area (Å²) in [7, 11) is 3.85. The Labute approximate surface area is 161 Å². The van der Waals surface area contributed by atoms with Gasteiger partial charge >= 0.3 is 0 Å². The number of nitrogens with one attached hydrogen (secondary N) is 1. The lowest BCUT2D eigenvalue weighted by Gasteiger charge is -2.22. The summed E-state index contributed by atoms with van der Waals surface area (Å²) in [5, 5.41) is 3.42. The van der Waals surface area contributed by atoms with E-state index in [1.165, 1.54) is 16.7 Å². The smallest absolute Gasteiger partial charge is 0.222 e. The first-order valence-corrected chi connectivity index (χ1v) is 9.47. The highest BCUT2D eigenvalue weighted by Gasteiger charge is 2.19. The van der Waals surface area contributed by atoms with Gasteiger partial charge in [0.05, 0.1) is 0 Å². The molecule has 1 aliphatic rings. The topological polar surface area (TPSA) is 47.9 Å². The van der Waals surface area contributed by atoms with Crippen molar-refractivity contribution in [2.45, 2.75) is 32.5 Å². The van der Waals surface area contributed by atoms with Crippen LogP contribution in [0.2, 0.25) is 0 Å². The van der Waals surface area contributed by atoms with Gasteiger partial charge in [-0.25, -0.2) is 0 Å². The summed E-state index contributed by atoms with van der Waals surface area (Å²) < 4.78 is 0. The number of hydrogen-bond acceptors (Lipinski definition) is 2. The van der Waals surface area contributed by atoms with Crippen LogP contribution in [0.5, 0.6) is 0 Å². The van der Waals surface area contributed by atoms with Crippen molar-refractivity contribution in [1.82, 2.24) is 15.1 Å². The Morgan fingerprint density at radius 2 is 1.78 bits per heavy atom. The third-order valence-electron chi connectivity index (χ3n) is 4.85. The van der Waals surface area contributed by atoms with Gasteiger partial charge in [-0.15, -0.1) is 0 Å². The Hall–Kier alpha value is -2.82. The van der Waals surface area contributed by atoms with E-state index in [1.807, 2.05) is 18.0 Å². The van der Waals surface area contributed by atoms with Crippen LogP contribution in [-0.4, -0.2) is 42.3 Å². The largest absolute Gasteiger partial charge is 0.352 e. The second kappa shape index (κ2) is 9.21. The average molecular weight is 364 g/mol. The number of carbonyl (C=O) groups is 1. The maximum atomic E-state index is 11.7. The number of likely N-dealkylation sites (tertiary alicyclic amines) is 1. The highest BCUT2D eigenvalue weighted by atomic mass is 16.2. The maximum Gasteiger partial charge on any atom is 0.222 e. The summed E-state index contributed by atoms with van der Waals surface area (Å²) >= 11 is 0. The molecule has 1 N–H and O–H groups in total. The molecule has 0 unspecified atom stereocenters. The van der Waals surface area contributed by atoms with Crippen LogP contribution in [0.1, 0.15) is 29.5 Å². The number of amides is 1. The lowest BCUT2D eigenvalue weighted by molar-refractivity contribution is -0.128. The summed E-state index contributed by atoms with van der Waals surface area (Å²) in [5.74, 6) is 1.14. The van der Waals surface area contributed by atoms with E-state index in [2.05, 4.69) is 63.7 Å². The third-order valence-corrected chi connectivity index (χ3v) is 4.85. The van der Waals surface area contributed by atoms with Crippen LogP contribution in [0.15, 0.2) is 59.6 Å². The molecular weight excluding hydrogens is 336 g/mol. The average Bonchev–Trinajstić information content (AvgIpc) is 3.09. The fourth-order valence-electron chi connectivity index (χ4n) is 3.35. The molecule has 0 saturated carbocycles. The normalized spacial score (nSPS) is 14.5. The highest BCUT2D eigenvalue weighted by molar-refractivity contribution is 5.79. The molecular formula is C22H28N4O. The molecule has 1 fully saturated rings. The Morgan fingerprint density at radius 3 is 2.41 bits per heavy atom. The minimum absolute atomic E-state index is 0.269. The Bertz CT molecular complexity index is 771. The third kappa shape index (κ3) is 5.33. The molecule has 27 heavy (non-hydrogen) atoms. The highest BCUT2D eigenvalue weighted by Crippen LogP contribution is 2.14. The Kier molecular flexibility index (Phi) is 6.47. The van der Waals surface area contributed by atoms with Gasteiger partial charge in [0.15, 0.2) is 5.96 Å². The van der Waals surface area contributed by atoms with Crippen LogP contribution in [-0.2, 0) is 24.4 Å². The number of hydrogen-bond donors (Lipinski definition) is 1. The van der Waals surface area contributed by atoms with Crippen LogP contribution in [0.4, 0.5) is 0 Å². The molecule has 2 aromatic rings. The van der Waals surface area contributed by atoms with E-state index >= 15 is 0 Å². The minimum Gasteiger partial charge on any atom is -0.352 e. The Balaban J connectivity index is 1.51. The molecule has 1 aliphatic heterocycles. The minimum atomic E-state index is 0.269. The molecule has 0 radical (unpaired) electrons. The standard InChI is InChI=1S/C22H28N4O/c1-23-22(25(2)16-19-7-4-3-5-8-19)24-15-18-10-12-20(13-11-18)17-26-14-6-9-21(26)27/h3-5,7-8,10-13H,6,9,14-17H2,1-2H3,(H,23,24). The molecule has 142 valence electrons. The number of carbonyl (C=O) groups excluding carboxylic acids is 1. The summed E-state index contributed by atoms with van der Waals surface area (Å²) in [4.78, 5) is 20.2. The van der Waals surface area contributed by atoms with Crippen molar-refractivity contribution in [3.63, 3.8) is 0 Å². The van der Waals surface area contributed by atoms with E-state index < -0.39 is 0 Å². The van der Waals surface area contributed by atoms with Crippen LogP contribution < -0.4 is 5.32 Å². The van der Waals surface area contributed by atoms with E-state index in [1.54, 1.807) is 7.05 Å². The molecule has 0 bridgehead atoms. The fraction of sp³-hybridized carbons (Fsp3) is 0.364.